The number of aryl methyl sites for hydroxylation is 1. The second-order valence-corrected chi connectivity index (χ2v) is 5.42. The Morgan fingerprint density at radius 2 is 2.00 bits per heavy atom. The van der Waals surface area contributed by atoms with E-state index in [2.05, 4.69) is 10.5 Å². The van der Waals surface area contributed by atoms with Crippen LogP contribution in [0.5, 0.6) is 5.75 Å². The van der Waals surface area contributed by atoms with E-state index < -0.39 is 10.8 Å². The lowest BCUT2D eigenvalue weighted by atomic mass is 10.1. The molecule has 1 amide bonds. The van der Waals surface area contributed by atoms with E-state index in [0.717, 1.165) is 0 Å². The summed E-state index contributed by atoms with van der Waals surface area (Å²) in [7, 11) is 0. The number of nitrogens with zero attached hydrogens (tertiary/aromatic N) is 3. The topological polar surface area (TPSA) is 118 Å². The Morgan fingerprint density at radius 1 is 1.31 bits per heavy atom. The van der Waals surface area contributed by atoms with Crippen LogP contribution < -0.4 is 10.2 Å². The van der Waals surface area contributed by atoms with Crippen LogP contribution in [0.25, 0.3) is 0 Å². The molecule has 0 radical (unpaired) electrons. The summed E-state index contributed by atoms with van der Waals surface area (Å²) < 4.78 is 5.29. The fourth-order valence-corrected chi connectivity index (χ4v) is 2.05. The predicted octanol–water partition coefficient (Wildman–Crippen LogP) is 2.69. The quantitative estimate of drug-likeness (QED) is 0.487. The van der Waals surface area contributed by atoms with Gasteiger partial charge in [0.15, 0.2) is 6.61 Å². The third-order valence-electron chi connectivity index (χ3n) is 3.53. The maximum Gasteiger partial charge on any atom is 0.277 e. The molecule has 0 aliphatic carbocycles. The number of benzene rings is 2. The lowest BCUT2D eigenvalue weighted by Gasteiger charge is -2.06. The zero-order valence-corrected chi connectivity index (χ0v) is 14.2. The van der Waals surface area contributed by atoms with Crippen molar-refractivity contribution in [1.29, 1.82) is 5.26 Å². The molecule has 0 unspecified atom stereocenters. The summed E-state index contributed by atoms with van der Waals surface area (Å²) in [5, 5.41) is 23.6. The highest BCUT2D eigenvalue weighted by Crippen LogP contribution is 2.19. The van der Waals surface area contributed by atoms with Crippen molar-refractivity contribution in [3.8, 4) is 11.8 Å². The third-order valence-corrected chi connectivity index (χ3v) is 3.53. The Hall–Kier alpha value is -3.73. The average Bonchev–Trinajstić information content (AvgIpc) is 2.64. The van der Waals surface area contributed by atoms with Crippen LogP contribution in [-0.4, -0.2) is 23.1 Å². The molecule has 0 atom stereocenters. The first-order chi connectivity index (χ1) is 12.4. The van der Waals surface area contributed by atoms with Crippen molar-refractivity contribution >= 4 is 17.3 Å². The molecule has 2 rings (SSSR count). The number of carbonyl (C=O) groups excluding carboxylic acids is 1. The van der Waals surface area contributed by atoms with Crippen molar-refractivity contribution in [2.24, 2.45) is 5.10 Å². The predicted molar refractivity (Wildman–Crippen MR) is 94.8 cm³/mol. The van der Waals surface area contributed by atoms with E-state index in [4.69, 9.17) is 10.00 Å². The molecular weight excluding hydrogens is 336 g/mol. The fourth-order valence-electron chi connectivity index (χ4n) is 2.05. The molecule has 0 heterocycles. The van der Waals surface area contributed by atoms with E-state index in [0.29, 0.717) is 28.2 Å². The van der Waals surface area contributed by atoms with Crippen LogP contribution in [0.4, 0.5) is 5.69 Å². The summed E-state index contributed by atoms with van der Waals surface area (Å²) in [6.07, 6.45) is 0. The number of nitro groups is 1. The first-order valence-electron chi connectivity index (χ1n) is 7.62. The van der Waals surface area contributed by atoms with Gasteiger partial charge in [-0.05, 0) is 38.1 Å². The molecule has 8 nitrogen and oxygen atoms in total. The van der Waals surface area contributed by atoms with Crippen LogP contribution in [0.2, 0.25) is 0 Å². The summed E-state index contributed by atoms with van der Waals surface area (Å²) in [6, 6.07) is 13.1. The van der Waals surface area contributed by atoms with Gasteiger partial charge in [-0.3, -0.25) is 14.9 Å². The molecular formula is C18H16N4O4. The van der Waals surface area contributed by atoms with E-state index in [1.807, 2.05) is 6.07 Å². The average molecular weight is 352 g/mol. The number of hydrogen-bond donors (Lipinski definition) is 1. The Bertz CT molecular complexity index is 898. The van der Waals surface area contributed by atoms with Gasteiger partial charge in [-0.1, -0.05) is 12.1 Å². The highest BCUT2D eigenvalue weighted by molar-refractivity contribution is 5.99. The van der Waals surface area contributed by atoms with Crippen LogP contribution in [0, 0.1) is 28.4 Å². The van der Waals surface area contributed by atoms with Crippen molar-refractivity contribution in [3.63, 3.8) is 0 Å². The van der Waals surface area contributed by atoms with Crippen LogP contribution in [0.1, 0.15) is 23.6 Å². The molecule has 2 aromatic rings. The summed E-state index contributed by atoms with van der Waals surface area (Å²) in [5.74, 6) is -0.0238. The standard InChI is InChI=1S/C18H16N4O4/c1-12-3-6-15(9-17(12)22(24)25)13(2)20-21-18(23)11-26-16-7-4-14(10-19)5-8-16/h3-9H,11H2,1-2H3,(H,21,23)/b20-13+. The van der Waals surface area contributed by atoms with Gasteiger partial charge in [0.1, 0.15) is 5.75 Å². The minimum Gasteiger partial charge on any atom is -0.484 e. The van der Waals surface area contributed by atoms with Crippen molar-refractivity contribution in [2.45, 2.75) is 13.8 Å². The Labute approximate surface area is 149 Å². The van der Waals surface area contributed by atoms with E-state index in [1.54, 1.807) is 50.2 Å². The molecule has 26 heavy (non-hydrogen) atoms. The molecule has 0 aromatic heterocycles. The van der Waals surface area contributed by atoms with Crippen LogP contribution in [0.15, 0.2) is 47.6 Å². The Kier molecular flexibility index (Phi) is 6.01. The third kappa shape index (κ3) is 4.88. The molecule has 132 valence electrons. The number of nitrogens with one attached hydrogen (secondary N) is 1. The zero-order valence-electron chi connectivity index (χ0n) is 14.2. The summed E-state index contributed by atoms with van der Waals surface area (Å²) in [4.78, 5) is 22.3. The van der Waals surface area contributed by atoms with Crippen molar-refractivity contribution < 1.29 is 14.5 Å². The second kappa shape index (κ2) is 8.39. The fraction of sp³-hybridized carbons (Fsp3) is 0.167. The molecule has 8 heteroatoms. The van der Waals surface area contributed by atoms with Gasteiger partial charge < -0.3 is 4.74 Å². The molecule has 0 aliphatic rings. The molecule has 1 N–H and O–H groups in total. The van der Waals surface area contributed by atoms with Gasteiger partial charge >= 0.3 is 0 Å². The smallest absolute Gasteiger partial charge is 0.277 e. The van der Waals surface area contributed by atoms with Gasteiger partial charge in [-0.2, -0.15) is 10.4 Å². The molecule has 2 aromatic carbocycles. The molecule has 0 spiro atoms. The van der Waals surface area contributed by atoms with Gasteiger partial charge in [0, 0.05) is 17.2 Å². The van der Waals surface area contributed by atoms with Crippen LogP contribution in [0.3, 0.4) is 0 Å². The second-order valence-electron chi connectivity index (χ2n) is 5.42. The highest BCUT2D eigenvalue weighted by Gasteiger charge is 2.12. The number of rotatable bonds is 6. The van der Waals surface area contributed by atoms with Gasteiger partial charge in [0.2, 0.25) is 0 Å². The largest absolute Gasteiger partial charge is 0.484 e. The maximum absolute atomic E-state index is 11.8. The normalized spacial score (nSPS) is 10.7. The lowest BCUT2D eigenvalue weighted by Crippen LogP contribution is -2.25. The number of amides is 1. The van der Waals surface area contributed by atoms with Crippen molar-refractivity contribution in [1.82, 2.24) is 5.43 Å². The van der Waals surface area contributed by atoms with Gasteiger partial charge in [-0.25, -0.2) is 5.43 Å². The van der Waals surface area contributed by atoms with E-state index in [1.165, 1.54) is 6.07 Å². The van der Waals surface area contributed by atoms with Gasteiger partial charge in [0.05, 0.1) is 22.3 Å². The first kappa shape index (κ1) is 18.6. The van der Waals surface area contributed by atoms with Crippen molar-refractivity contribution in [3.05, 3.63) is 69.3 Å². The Balaban J connectivity index is 1.95. The first-order valence-corrected chi connectivity index (χ1v) is 7.62. The van der Waals surface area contributed by atoms with E-state index in [-0.39, 0.29) is 12.3 Å². The number of hydrogen-bond acceptors (Lipinski definition) is 6. The number of nitriles is 1. The highest BCUT2D eigenvalue weighted by atomic mass is 16.6. The van der Waals surface area contributed by atoms with Crippen LogP contribution >= 0.6 is 0 Å². The summed E-state index contributed by atoms with van der Waals surface area (Å²) in [5.41, 5.74) is 4.34. The summed E-state index contributed by atoms with van der Waals surface area (Å²) in [6.45, 7) is 3.03. The van der Waals surface area contributed by atoms with E-state index >= 15 is 0 Å². The number of nitro benzene ring substituents is 1. The number of hydrazone groups is 1. The van der Waals surface area contributed by atoms with E-state index in [9.17, 15) is 14.9 Å². The Morgan fingerprint density at radius 3 is 2.62 bits per heavy atom. The molecule has 0 saturated carbocycles. The maximum atomic E-state index is 11.8. The zero-order chi connectivity index (χ0) is 19.1. The monoisotopic (exact) mass is 352 g/mol. The van der Waals surface area contributed by atoms with Crippen molar-refractivity contribution in [2.75, 3.05) is 6.61 Å². The number of carbonyl (C=O) groups is 1. The summed E-state index contributed by atoms with van der Waals surface area (Å²) >= 11 is 0. The molecule has 0 fully saturated rings. The number of ether oxygens (including phenoxy) is 1. The minimum absolute atomic E-state index is 0.00692. The molecule has 0 saturated heterocycles. The van der Waals surface area contributed by atoms with Gasteiger partial charge in [-0.15, -0.1) is 0 Å². The molecule has 0 bridgehead atoms. The van der Waals surface area contributed by atoms with Gasteiger partial charge in [0.25, 0.3) is 11.6 Å². The van der Waals surface area contributed by atoms with Crippen LogP contribution in [-0.2, 0) is 4.79 Å². The SMILES string of the molecule is C/C(=N\NC(=O)COc1ccc(C#N)cc1)c1ccc(C)c([N+](=O)[O-])c1. The lowest BCUT2D eigenvalue weighted by molar-refractivity contribution is -0.385. The minimum atomic E-state index is -0.477. The molecule has 0 aliphatic heterocycles.